The first-order valence-corrected chi connectivity index (χ1v) is 8.82. The fourth-order valence-electron chi connectivity index (χ4n) is 4.00. The molecule has 26 heavy (non-hydrogen) atoms. The van der Waals surface area contributed by atoms with E-state index in [1.807, 2.05) is 0 Å². The maximum absolute atomic E-state index is 13.0. The molecule has 0 bridgehead atoms. The van der Waals surface area contributed by atoms with E-state index in [2.05, 4.69) is 10.6 Å². The van der Waals surface area contributed by atoms with Gasteiger partial charge in [0.05, 0.1) is 11.1 Å². The molecular weight excluding hydrogens is 336 g/mol. The second kappa shape index (κ2) is 6.21. The third kappa shape index (κ3) is 2.66. The van der Waals surface area contributed by atoms with Crippen LogP contribution in [-0.2, 0) is 9.59 Å². The minimum absolute atomic E-state index is 0.106. The molecule has 4 amide bonds. The Balaban J connectivity index is 1.63. The molecule has 8 nitrogen and oxygen atoms in total. The third-order valence-corrected chi connectivity index (χ3v) is 5.30. The van der Waals surface area contributed by atoms with E-state index in [1.54, 1.807) is 18.2 Å². The fraction of sp³-hybridized carbons (Fsp3) is 0.444. The Morgan fingerprint density at radius 2 is 1.88 bits per heavy atom. The Labute approximate surface area is 150 Å². The number of nitrogens with two attached hydrogens (primary N) is 1. The summed E-state index contributed by atoms with van der Waals surface area (Å²) in [6.07, 6.45) is 2.89. The van der Waals surface area contributed by atoms with Gasteiger partial charge in [-0.2, -0.15) is 0 Å². The van der Waals surface area contributed by atoms with Gasteiger partial charge in [-0.05, 0) is 37.8 Å². The maximum Gasteiger partial charge on any atom is 0.264 e. The molecule has 136 valence electrons. The van der Waals surface area contributed by atoms with Gasteiger partial charge in [-0.25, -0.2) is 0 Å². The van der Waals surface area contributed by atoms with Crippen molar-refractivity contribution in [3.05, 3.63) is 29.3 Å². The number of amides is 4. The van der Waals surface area contributed by atoms with Gasteiger partial charge in [0, 0.05) is 24.2 Å². The van der Waals surface area contributed by atoms with Gasteiger partial charge < -0.3 is 11.1 Å². The summed E-state index contributed by atoms with van der Waals surface area (Å²) in [4.78, 5) is 50.2. The number of hydrogen-bond acceptors (Lipinski definition) is 6. The van der Waals surface area contributed by atoms with Gasteiger partial charge in [0.2, 0.25) is 11.8 Å². The van der Waals surface area contributed by atoms with Gasteiger partial charge >= 0.3 is 0 Å². The lowest BCUT2D eigenvalue weighted by molar-refractivity contribution is -0.136. The number of fused-ring (bicyclic) bond motifs is 1. The number of piperidine rings is 1. The van der Waals surface area contributed by atoms with Crippen LogP contribution in [0.4, 0.5) is 5.69 Å². The van der Waals surface area contributed by atoms with Crippen LogP contribution < -0.4 is 16.4 Å². The molecule has 0 spiro atoms. The first-order chi connectivity index (χ1) is 12.5. The van der Waals surface area contributed by atoms with Gasteiger partial charge in [0.15, 0.2) is 0 Å². The van der Waals surface area contributed by atoms with E-state index in [4.69, 9.17) is 5.73 Å². The molecule has 2 fully saturated rings. The number of carbonyl (C=O) groups excluding carboxylic acids is 4. The van der Waals surface area contributed by atoms with E-state index in [0.717, 1.165) is 24.2 Å². The Bertz CT molecular complexity index is 821. The lowest BCUT2D eigenvalue weighted by atomic mass is 10.0. The summed E-state index contributed by atoms with van der Waals surface area (Å²) in [5.74, 6) is -1.98. The van der Waals surface area contributed by atoms with Crippen LogP contribution in [0.25, 0.3) is 0 Å². The largest absolute Gasteiger partial charge is 0.382 e. The molecule has 3 unspecified atom stereocenters. The molecule has 1 aromatic carbocycles. The zero-order valence-corrected chi connectivity index (χ0v) is 14.2. The van der Waals surface area contributed by atoms with Crippen molar-refractivity contribution in [3.8, 4) is 0 Å². The molecule has 3 atom stereocenters. The Hall–Kier alpha value is -2.74. The standard InChI is InChI=1S/C18H20N4O4/c19-9-4-5-10(8-9)20-12-3-1-2-11-15(12)18(26)22(17(11)25)13-6-7-14(23)21-16(13)24/h1-3,9-10,13,20H,4-8,19H2,(H,21,23,24). The van der Waals surface area contributed by atoms with Gasteiger partial charge in [-0.3, -0.25) is 29.4 Å². The highest BCUT2D eigenvalue weighted by atomic mass is 16.2. The zero-order chi connectivity index (χ0) is 18.4. The van der Waals surface area contributed by atoms with Gasteiger partial charge in [-0.1, -0.05) is 6.07 Å². The topological polar surface area (TPSA) is 122 Å². The van der Waals surface area contributed by atoms with Crippen LogP contribution >= 0.6 is 0 Å². The molecule has 1 saturated heterocycles. The van der Waals surface area contributed by atoms with Gasteiger partial charge in [0.25, 0.3) is 11.8 Å². The Kier molecular flexibility index (Phi) is 3.99. The highest BCUT2D eigenvalue weighted by Gasteiger charge is 2.45. The average molecular weight is 356 g/mol. The van der Waals surface area contributed by atoms with Crippen molar-refractivity contribution < 1.29 is 19.2 Å². The molecule has 1 aliphatic carbocycles. The number of hydrogen-bond donors (Lipinski definition) is 3. The van der Waals surface area contributed by atoms with Gasteiger partial charge in [-0.15, -0.1) is 0 Å². The summed E-state index contributed by atoms with van der Waals surface area (Å²) < 4.78 is 0. The fourth-order valence-corrected chi connectivity index (χ4v) is 4.00. The molecule has 2 aliphatic heterocycles. The molecule has 4 rings (SSSR count). The van der Waals surface area contributed by atoms with E-state index in [9.17, 15) is 19.2 Å². The van der Waals surface area contributed by atoms with Crippen molar-refractivity contribution in [3.63, 3.8) is 0 Å². The van der Waals surface area contributed by atoms with Crippen LogP contribution in [0, 0.1) is 0 Å². The van der Waals surface area contributed by atoms with Gasteiger partial charge in [0.1, 0.15) is 6.04 Å². The van der Waals surface area contributed by atoms with Crippen molar-refractivity contribution >= 4 is 29.3 Å². The second-order valence-corrected chi connectivity index (χ2v) is 7.09. The lowest BCUT2D eigenvalue weighted by Gasteiger charge is -2.27. The van der Waals surface area contributed by atoms with Crippen molar-refractivity contribution in [2.24, 2.45) is 5.73 Å². The summed E-state index contributed by atoms with van der Waals surface area (Å²) >= 11 is 0. The monoisotopic (exact) mass is 356 g/mol. The highest BCUT2D eigenvalue weighted by molar-refractivity contribution is 6.25. The summed E-state index contributed by atoms with van der Waals surface area (Å²) in [5, 5.41) is 5.53. The van der Waals surface area contributed by atoms with Crippen LogP contribution in [0.5, 0.6) is 0 Å². The van der Waals surface area contributed by atoms with Crippen molar-refractivity contribution in [1.82, 2.24) is 10.2 Å². The molecule has 3 aliphatic rings. The lowest BCUT2D eigenvalue weighted by Crippen LogP contribution is -2.54. The van der Waals surface area contributed by atoms with E-state index >= 15 is 0 Å². The normalized spacial score (nSPS) is 28.3. The third-order valence-electron chi connectivity index (χ3n) is 5.30. The van der Waals surface area contributed by atoms with Crippen molar-refractivity contribution in [2.75, 3.05) is 5.32 Å². The maximum atomic E-state index is 13.0. The molecule has 4 N–H and O–H groups in total. The average Bonchev–Trinajstić information content (AvgIpc) is 3.11. The summed E-state index contributed by atoms with van der Waals surface area (Å²) in [7, 11) is 0. The van der Waals surface area contributed by atoms with E-state index in [0.29, 0.717) is 11.3 Å². The first kappa shape index (κ1) is 16.7. The predicted molar refractivity (Wildman–Crippen MR) is 92.4 cm³/mol. The van der Waals surface area contributed by atoms with E-state index in [-0.39, 0.29) is 36.4 Å². The number of benzene rings is 1. The van der Waals surface area contributed by atoms with Crippen molar-refractivity contribution in [2.45, 2.75) is 50.2 Å². The molecule has 0 aromatic heterocycles. The molecule has 0 radical (unpaired) electrons. The Morgan fingerprint density at radius 3 is 2.58 bits per heavy atom. The zero-order valence-electron chi connectivity index (χ0n) is 14.2. The second-order valence-electron chi connectivity index (χ2n) is 7.09. The number of nitrogens with zero attached hydrogens (tertiary/aromatic N) is 1. The van der Waals surface area contributed by atoms with Crippen molar-refractivity contribution in [1.29, 1.82) is 0 Å². The number of carbonyl (C=O) groups is 4. The molecule has 1 aromatic rings. The highest BCUT2D eigenvalue weighted by Crippen LogP contribution is 2.33. The molecule has 2 heterocycles. The van der Waals surface area contributed by atoms with E-state index in [1.165, 1.54) is 0 Å². The van der Waals surface area contributed by atoms with Crippen LogP contribution in [-0.4, -0.2) is 46.7 Å². The summed E-state index contributed by atoms with van der Waals surface area (Å²) in [6, 6.07) is 4.42. The van der Waals surface area contributed by atoms with Crippen LogP contribution in [0.2, 0.25) is 0 Å². The number of rotatable bonds is 3. The minimum Gasteiger partial charge on any atom is -0.382 e. The van der Waals surface area contributed by atoms with Crippen LogP contribution in [0.1, 0.15) is 52.8 Å². The molecule has 8 heteroatoms. The predicted octanol–water partition coefficient (Wildman–Crippen LogP) is 0.379. The van der Waals surface area contributed by atoms with E-state index < -0.39 is 23.8 Å². The quantitative estimate of drug-likeness (QED) is 0.673. The molecule has 1 saturated carbocycles. The van der Waals surface area contributed by atoms with Crippen LogP contribution in [0.3, 0.4) is 0 Å². The Morgan fingerprint density at radius 1 is 1.08 bits per heavy atom. The van der Waals surface area contributed by atoms with Crippen LogP contribution in [0.15, 0.2) is 18.2 Å². The molecular formula is C18H20N4O4. The number of anilines is 1. The summed E-state index contributed by atoms with van der Waals surface area (Å²) in [5.41, 5.74) is 7.12. The SMILES string of the molecule is NC1CCC(Nc2cccc3c2C(=O)N(C2CCC(=O)NC2=O)C3=O)C1. The number of nitrogens with one attached hydrogen (secondary N) is 2. The minimum atomic E-state index is -0.951. The summed E-state index contributed by atoms with van der Waals surface area (Å²) in [6.45, 7) is 0. The first-order valence-electron chi connectivity index (χ1n) is 8.82. The smallest absolute Gasteiger partial charge is 0.264 e. The number of imide groups is 2.